The molecule has 0 heterocycles. The van der Waals surface area contributed by atoms with E-state index in [1.54, 1.807) is 12.4 Å². The van der Waals surface area contributed by atoms with Crippen LogP contribution in [0.25, 0.3) is 0 Å². The highest BCUT2D eigenvalue weighted by atomic mass is 16.4. The molecule has 1 rings (SSSR count). The van der Waals surface area contributed by atoms with Crippen LogP contribution in [0.15, 0.2) is 30.3 Å². The first-order valence-electron chi connectivity index (χ1n) is 3.83. The SMILES string of the molecule is C[NH2+]C(C(=O)O)c1ccccc1. The Labute approximate surface area is 71.0 Å². The van der Waals surface area contributed by atoms with Gasteiger partial charge in [-0.2, -0.15) is 0 Å². The fourth-order valence-corrected chi connectivity index (χ4v) is 1.14. The topological polar surface area (TPSA) is 53.9 Å². The number of quaternary nitrogens is 1. The van der Waals surface area contributed by atoms with Gasteiger partial charge in [-0.05, 0) is 0 Å². The maximum Gasteiger partial charge on any atom is 0.367 e. The van der Waals surface area contributed by atoms with Crippen molar-refractivity contribution in [2.75, 3.05) is 7.05 Å². The standard InChI is InChI=1S/C9H11NO2/c1-10-8(9(11)12)7-5-3-2-4-6-7/h2-6,8,10H,1H3,(H,11,12)/p+1. The summed E-state index contributed by atoms with van der Waals surface area (Å²) < 4.78 is 0. The van der Waals surface area contributed by atoms with Crippen molar-refractivity contribution >= 4 is 5.97 Å². The molecule has 0 aromatic heterocycles. The minimum Gasteiger partial charge on any atom is -0.477 e. The number of carbonyl (C=O) groups is 1. The van der Waals surface area contributed by atoms with Crippen molar-refractivity contribution in [2.45, 2.75) is 6.04 Å². The second-order valence-electron chi connectivity index (χ2n) is 2.56. The van der Waals surface area contributed by atoms with Crippen LogP contribution in [-0.4, -0.2) is 18.1 Å². The number of likely N-dealkylation sites (N-methyl/N-ethyl adjacent to an activating group) is 1. The maximum atomic E-state index is 10.7. The average molecular weight is 166 g/mol. The minimum atomic E-state index is -0.802. The lowest BCUT2D eigenvalue weighted by atomic mass is 10.1. The molecule has 0 spiro atoms. The average Bonchev–Trinajstić information content (AvgIpc) is 2.07. The third kappa shape index (κ3) is 1.83. The van der Waals surface area contributed by atoms with Crippen molar-refractivity contribution in [1.29, 1.82) is 0 Å². The highest BCUT2D eigenvalue weighted by Gasteiger charge is 2.20. The van der Waals surface area contributed by atoms with E-state index in [4.69, 9.17) is 5.11 Å². The Morgan fingerprint density at radius 3 is 2.42 bits per heavy atom. The number of aliphatic carboxylic acids is 1. The number of rotatable bonds is 3. The molecule has 0 saturated heterocycles. The van der Waals surface area contributed by atoms with Crippen LogP contribution in [0.3, 0.4) is 0 Å². The number of benzene rings is 1. The summed E-state index contributed by atoms with van der Waals surface area (Å²) in [5.41, 5.74) is 0.826. The van der Waals surface area contributed by atoms with Gasteiger partial charge in [0.2, 0.25) is 6.04 Å². The van der Waals surface area contributed by atoms with Crippen molar-refractivity contribution in [2.24, 2.45) is 0 Å². The highest BCUT2D eigenvalue weighted by Crippen LogP contribution is 2.07. The summed E-state index contributed by atoms with van der Waals surface area (Å²) in [4.78, 5) is 10.7. The summed E-state index contributed by atoms with van der Waals surface area (Å²) in [7, 11) is 1.76. The summed E-state index contributed by atoms with van der Waals surface area (Å²) >= 11 is 0. The number of carboxylic acids is 1. The zero-order valence-corrected chi connectivity index (χ0v) is 6.90. The van der Waals surface area contributed by atoms with Gasteiger partial charge in [-0.15, -0.1) is 0 Å². The lowest BCUT2D eigenvalue weighted by Gasteiger charge is -2.06. The van der Waals surface area contributed by atoms with E-state index in [0.29, 0.717) is 0 Å². The molecule has 3 heteroatoms. The lowest BCUT2D eigenvalue weighted by molar-refractivity contribution is -0.658. The second kappa shape index (κ2) is 3.88. The molecule has 3 N–H and O–H groups in total. The Balaban J connectivity index is 2.88. The Hall–Kier alpha value is -1.35. The van der Waals surface area contributed by atoms with Crippen LogP contribution >= 0.6 is 0 Å². The molecule has 1 aromatic rings. The molecule has 64 valence electrons. The first kappa shape index (κ1) is 8.74. The molecule has 1 aromatic carbocycles. The van der Waals surface area contributed by atoms with Crippen LogP contribution in [0, 0.1) is 0 Å². The normalized spacial score (nSPS) is 12.4. The van der Waals surface area contributed by atoms with Crippen molar-refractivity contribution in [3.63, 3.8) is 0 Å². The van der Waals surface area contributed by atoms with Gasteiger partial charge >= 0.3 is 5.97 Å². The van der Waals surface area contributed by atoms with Gasteiger partial charge in [-0.25, -0.2) is 4.79 Å². The van der Waals surface area contributed by atoms with Gasteiger partial charge < -0.3 is 10.4 Å². The van der Waals surface area contributed by atoms with Crippen LogP contribution in [0.2, 0.25) is 0 Å². The van der Waals surface area contributed by atoms with Crippen LogP contribution < -0.4 is 5.32 Å². The van der Waals surface area contributed by atoms with E-state index in [1.165, 1.54) is 0 Å². The van der Waals surface area contributed by atoms with Gasteiger partial charge in [0.25, 0.3) is 0 Å². The molecule has 0 amide bonds. The molecule has 0 fully saturated rings. The monoisotopic (exact) mass is 166 g/mol. The summed E-state index contributed by atoms with van der Waals surface area (Å²) in [6.07, 6.45) is 0. The van der Waals surface area contributed by atoms with Gasteiger partial charge in [0, 0.05) is 5.56 Å². The third-order valence-electron chi connectivity index (χ3n) is 1.76. The Bertz CT molecular complexity index is 258. The van der Waals surface area contributed by atoms with Gasteiger partial charge in [0.05, 0.1) is 7.05 Å². The zero-order valence-electron chi connectivity index (χ0n) is 6.90. The van der Waals surface area contributed by atoms with Crippen LogP contribution in [0.5, 0.6) is 0 Å². The third-order valence-corrected chi connectivity index (χ3v) is 1.76. The van der Waals surface area contributed by atoms with Crippen LogP contribution in [0.4, 0.5) is 0 Å². The molecule has 0 bridgehead atoms. The van der Waals surface area contributed by atoms with Gasteiger partial charge in [-0.3, -0.25) is 0 Å². The number of hydrogen-bond acceptors (Lipinski definition) is 1. The van der Waals surface area contributed by atoms with E-state index in [1.807, 2.05) is 30.3 Å². The van der Waals surface area contributed by atoms with Gasteiger partial charge in [-0.1, -0.05) is 30.3 Å². The Morgan fingerprint density at radius 1 is 1.42 bits per heavy atom. The molecule has 12 heavy (non-hydrogen) atoms. The van der Waals surface area contributed by atoms with E-state index in [-0.39, 0.29) is 0 Å². The lowest BCUT2D eigenvalue weighted by Crippen LogP contribution is -2.82. The highest BCUT2D eigenvalue weighted by molar-refractivity contribution is 5.73. The summed E-state index contributed by atoms with van der Waals surface area (Å²) in [6, 6.07) is 8.71. The molecular formula is C9H12NO2+. The minimum absolute atomic E-state index is 0.480. The van der Waals surface area contributed by atoms with Crippen molar-refractivity contribution in [3.8, 4) is 0 Å². The van der Waals surface area contributed by atoms with Crippen molar-refractivity contribution < 1.29 is 15.2 Å². The summed E-state index contributed by atoms with van der Waals surface area (Å²) in [5.74, 6) is -0.802. The van der Waals surface area contributed by atoms with E-state index in [0.717, 1.165) is 5.56 Å². The fraction of sp³-hybridized carbons (Fsp3) is 0.222. The second-order valence-corrected chi connectivity index (χ2v) is 2.56. The predicted octanol–water partition coefficient (Wildman–Crippen LogP) is 0.00550. The predicted molar refractivity (Wildman–Crippen MR) is 44.7 cm³/mol. The Kier molecular flexibility index (Phi) is 2.82. The van der Waals surface area contributed by atoms with Crippen molar-refractivity contribution in [1.82, 2.24) is 0 Å². The molecule has 0 aliphatic heterocycles. The van der Waals surface area contributed by atoms with E-state index in [2.05, 4.69) is 0 Å². The molecule has 0 saturated carbocycles. The molecule has 1 atom stereocenters. The molecule has 3 nitrogen and oxygen atoms in total. The molecule has 1 unspecified atom stereocenters. The number of carboxylic acid groups (broad SMARTS) is 1. The molecular weight excluding hydrogens is 154 g/mol. The molecule has 0 aliphatic rings. The Morgan fingerprint density at radius 2 is 2.00 bits per heavy atom. The molecule has 0 radical (unpaired) electrons. The van der Waals surface area contributed by atoms with E-state index < -0.39 is 12.0 Å². The first-order chi connectivity index (χ1) is 5.75. The fourth-order valence-electron chi connectivity index (χ4n) is 1.14. The summed E-state index contributed by atoms with van der Waals surface area (Å²) in [5, 5.41) is 10.5. The maximum absolute atomic E-state index is 10.7. The van der Waals surface area contributed by atoms with Gasteiger partial charge in [0.1, 0.15) is 0 Å². The summed E-state index contributed by atoms with van der Waals surface area (Å²) in [6.45, 7) is 0. The smallest absolute Gasteiger partial charge is 0.367 e. The zero-order chi connectivity index (χ0) is 8.97. The van der Waals surface area contributed by atoms with Crippen LogP contribution in [0.1, 0.15) is 11.6 Å². The largest absolute Gasteiger partial charge is 0.477 e. The number of hydrogen-bond donors (Lipinski definition) is 2. The van der Waals surface area contributed by atoms with E-state index in [9.17, 15) is 4.79 Å². The quantitative estimate of drug-likeness (QED) is 0.664. The van der Waals surface area contributed by atoms with Gasteiger partial charge in [0.15, 0.2) is 0 Å². The van der Waals surface area contributed by atoms with Crippen LogP contribution in [-0.2, 0) is 4.79 Å². The van der Waals surface area contributed by atoms with Crippen molar-refractivity contribution in [3.05, 3.63) is 35.9 Å². The molecule has 0 aliphatic carbocycles. The van der Waals surface area contributed by atoms with E-state index >= 15 is 0 Å². The number of nitrogens with two attached hydrogens (primary N) is 1. The first-order valence-corrected chi connectivity index (χ1v) is 3.83.